The second-order valence-electron chi connectivity index (χ2n) is 2.90. The summed E-state index contributed by atoms with van der Waals surface area (Å²) in [6.07, 6.45) is 4.35. The SMILES string of the molecule is CCC(C)Nc1ncc(OC)cn1. The second kappa shape index (κ2) is 4.64. The first-order valence-corrected chi connectivity index (χ1v) is 4.38. The first-order valence-electron chi connectivity index (χ1n) is 4.38. The van der Waals surface area contributed by atoms with Gasteiger partial charge in [0.05, 0.1) is 19.5 Å². The Hall–Kier alpha value is -1.32. The molecule has 1 aromatic rings. The molecule has 0 aliphatic carbocycles. The van der Waals surface area contributed by atoms with Crippen LogP contribution in [0.4, 0.5) is 5.95 Å². The Morgan fingerprint density at radius 3 is 2.54 bits per heavy atom. The number of rotatable bonds is 4. The molecule has 1 rings (SSSR count). The third-order valence-electron chi connectivity index (χ3n) is 1.85. The molecule has 0 radical (unpaired) electrons. The first-order chi connectivity index (χ1) is 6.26. The summed E-state index contributed by atoms with van der Waals surface area (Å²) in [6.45, 7) is 4.20. The molecule has 1 unspecified atom stereocenters. The maximum absolute atomic E-state index is 4.95. The van der Waals surface area contributed by atoms with Gasteiger partial charge < -0.3 is 10.1 Å². The highest BCUT2D eigenvalue weighted by Crippen LogP contribution is 2.08. The van der Waals surface area contributed by atoms with Crippen LogP contribution >= 0.6 is 0 Å². The highest BCUT2D eigenvalue weighted by atomic mass is 16.5. The number of aromatic nitrogens is 2. The fourth-order valence-electron chi connectivity index (χ4n) is 0.819. The summed E-state index contributed by atoms with van der Waals surface area (Å²) >= 11 is 0. The number of anilines is 1. The third kappa shape index (κ3) is 2.89. The Kier molecular flexibility index (Phi) is 3.49. The number of hydrogen-bond donors (Lipinski definition) is 1. The second-order valence-corrected chi connectivity index (χ2v) is 2.90. The summed E-state index contributed by atoms with van der Waals surface area (Å²) in [5.74, 6) is 1.32. The van der Waals surface area contributed by atoms with Gasteiger partial charge in [-0.1, -0.05) is 6.92 Å². The molecule has 0 spiro atoms. The van der Waals surface area contributed by atoms with Crippen LogP contribution in [-0.4, -0.2) is 23.1 Å². The molecule has 13 heavy (non-hydrogen) atoms. The lowest BCUT2D eigenvalue weighted by atomic mass is 10.3. The summed E-state index contributed by atoms with van der Waals surface area (Å²) in [7, 11) is 1.60. The van der Waals surface area contributed by atoms with E-state index in [4.69, 9.17) is 4.74 Å². The molecule has 0 saturated carbocycles. The summed E-state index contributed by atoms with van der Waals surface area (Å²) < 4.78 is 4.95. The molecule has 0 amide bonds. The van der Waals surface area contributed by atoms with Crippen LogP contribution in [0.25, 0.3) is 0 Å². The quantitative estimate of drug-likeness (QED) is 0.768. The van der Waals surface area contributed by atoms with Crippen molar-refractivity contribution in [2.75, 3.05) is 12.4 Å². The monoisotopic (exact) mass is 181 g/mol. The number of nitrogens with zero attached hydrogens (tertiary/aromatic N) is 2. The van der Waals surface area contributed by atoms with E-state index in [0.29, 0.717) is 17.7 Å². The highest BCUT2D eigenvalue weighted by Gasteiger charge is 2.00. The maximum atomic E-state index is 4.95. The molecule has 0 saturated heterocycles. The number of methoxy groups -OCH3 is 1. The van der Waals surface area contributed by atoms with Crippen molar-refractivity contribution in [3.05, 3.63) is 12.4 Å². The van der Waals surface area contributed by atoms with Gasteiger partial charge in [-0.15, -0.1) is 0 Å². The van der Waals surface area contributed by atoms with Crippen LogP contribution in [0, 0.1) is 0 Å². The van der Waals surface area contributed by atoms with Crippen molar-refractivity contribution in [2.45, 2.75) is 26.3 Å². The summed E-state index contributed by atoms with van der Waals surface area (Å²) in [6, 6.07) is 0.397. The molecule has 0 aliphatic heterocycles. The molecule has 1 aromatic heterocycles. The first kappa shape index (κ1) is 9.77. The molecule has 0 aromatic carbocycles. The highest BCUT2D eigenvalue weighted by molar-refractivity contribution is 5.27. The number of ether oxygens (including phenoxy) is 1. The summed E-state index contributed by atoms with van der Waals surface area (Å²) in [5.41, 5.74) is 0. The van der Waals surface area contributed by atoms with Gasteiger partial charge in [0.15, 0.2) is 5.75 Å². The average Bonchev–Trinajstić information content (AvgIpc) is 2.19. The van der Waals surface area contributed by atoms with Gasteiger partial charge in [-0.2, -0.15) is 0 Å². The van der Waals surface area contributed by atoms with E-state index in [2.05, 4.69) is 29.1 Å². The van der Waals surface area contributed by atoms with Crippen LogP contribution in [0.5, 0.6) is 5.75 Å². The molecule has 4 nitrogen and oxygen atoms in total. The molecule has 1 heterocycles. The van der Waals surface area contributed by atoms with E-state index in [-0.39, 0.29) is 0 Å². The minimum absolute atomic E-state index is 0.397. The standard InChI is InChI=1S/C9H15N3O/c1-4-7(2)12-9-10-5-8(13-3)6-11-9/h5-7H,4H2,1-3H3,(H,10,11,12). The zero-order chi connectivity index (χ0) is 9.68. The fourth-order valence-corrected chi connectivity index (χ4v) is 0.819. The molecule has 72 valence electrons. The van der Waals surface area contributed by atoms with Gasteiger partial charge in [-0.05, 0) is 13.3 Å². The lowest BCUT2D eigenvalue weighted by Crippen LogP contribution is -2.15. The van der Waals surface area contributed by atoms with Crippen molar-refractivity contribution < 1.29 is 4.74 Å². The van der Waals surface area contributed by atoms with E-state index >= 15 is 0 Å². The maximum Gasteiger partial charge on any atom is 0.223 e. The molecule has 4 heteroatoms. The van der Waals surface area contributed by atoms with Gasteiger partial charge >= 0.3 is 0 Å². The smallest absolute Gasteiger partial charge is 0.223 e. The van der Waals surface area contributed by atoms with Gasteiger partial charge in [0.1, 0.15) is 0 Å². The van der Waals surface area contributed by atoms with Crippen molar-refractivity contribution in [1.29, 1.82) is 0 Å². The average molecular weight is 181 g/mol. The zero-order valence-electron chi connectivity index (χ0n) is 8.24. The molecule has 0 bridgehead atoms. The zero-order valence-corrected chi connectivity index (χ0v) is 8.24. The van der Waals surface area contributed by atoms with E-state index in [0.717, 1.165) is 6.42 Å². The van der Waals surface area contributed by atoms with E-state index in [1.54, 1.807) is 19.5 Å². The normalized spacial score (nSPS) is 12.2. The Morgan fingerprint density at radius 2 is 2.08 bits per heavy atom. The van der Waals surface area contributed by atoms with Crippen molar-refractivity contribution in [1.82, 2.24) is 9.97 Å². The van der Waals surface area contributed by atoms with E-state index < -0.39 is 0 Å². The predicted molar refractivity (Wildman–Crippen MR) is 52.0 cm³/mol. The Labute approximate surface area is 78.4 Å². The molecular weight excluding hydrogens is 166 g/mol. The summed E-state index contributed by atoms with van der Waals surface area (Å²) in [4.78, 5) is 8.18. The van der Waals surface area contributed by atoms with E-state index in [9.17, 15) is 0 Å². The van der Waals surface area contributed by atoms with Crippen molar-refractivity contribution >= 4 is 5.95 Å². The molecular formula is C9H15N3O. The predicted octanol–water partition coefficient (Wildman–Crippen LogP) is 1.70. The van der Waals surface area contributed by atoms with Gasteiger partial charge in [0, 0.05) is 6.04 Å². The van der Waals surface area contributed by atoms with Crippen LogP contribution < -0.4 is 10.1 Å². The Balaban J connectivity index is 2.58. The fraction of sp³-hybridized carbons (Fsp3) is 0.556. The van der Waals surface area contributed by atoms with Crippen molar-refractivity contribution in [3.8, 4) is 5.75 Å². The lowest BCUT2D eigenvalue weighted by Gasteiger charge is -2.10. The van der Waals surface area contributed by atoms with Crippen molar-refractivity contribution in [2.24, 2.45) is 0 Å². The van der Waals surface area contributed by atoms with Crippen LogP contribution in [0.2, 0.25) is 0 Å². The largest absolute Gasteiger partial charge is 0.494 e. The molecule has 1 atom stereocenters. The molecule has 0 aliphatic rings. The van der Waals surface area contributed by atoms with Crippen LogP contribution in [0.3, 0.4) is 0 Å². The molecule has 1 N–H and O–H groups in total. The third-order valence-corrected chi connectivity index (χ3v) is 1.85. The van der Waals surface area contributed by atoms with E-state index in [1.807, 2.05) is 0 Å². The van der Waals surface area contributed by atoms with Crippen LogP contribution in [0.15, 0.2) is 12.4 Å². The van der Waals surface area contributed by atoms with Crippen LogP contribution in [-0.2, 0) is 0 Å². The Bertz CT molecular complexity index is 248. The Morgan fingerprint density at radius 1 is 1.46 bits per heavy atom. The minimum Gasteiger partial charge on any atom is -0.494 e. The lowest BCUT2D eigenvalue weighted by molar-refractivity contribution is 0.411. The topological polar surface area (TPSA) is 47.0 Å². The van der Waals surface area contributed by atoms with Crippen molar-refractivity contribution in [3.63, 3.8) is 0 Å². The number of hydrogen-bond acceptors (Lipinski definition) is 4. The molecule has 0 fully saturated rings. The minimum atomic E-state index is 0.397. The summed E-state index contributed by atoms with van der Waals surface area (Å²) in [5, 5.41) is 3.17. The van der Waals surface area contributed by atoms with Crippen LogP contribution in [0.1, 0.15) is 20.3 Å². The van der Waals surface area contributed by atoms with Gasteiger partial charge in [-0.25, -0.2) is 9.97 Å². The van der Waals surface area contributed by atoms with Gasteiger partial charge in [0.25, 0.3) is 0 Å². The van der Waals surface area contributed by atoms with E-state index in [1.165, 1.54) is 0 Å². The van der Waals surface area contributed by atoms with Gasteiger partial charge in [0.2, 0.25) is 5.95 Å². The van der Waals surface area contributed by atoms with Gasteiger partial charge in [-0.3, -0.25) is 0 Å². The number of nitrogens with one attached hydrogen (secondary N) is 1.